The van der Waals surface area contributed by atoms with E-state index in [-0.39, 0.29) is 42.9 Å². The van der Waals surface area contributed by atoms with Gasteiger partial charge in [0.15, 0.2) is 0 Å². The quantitative estimate of drug-likeness (QED) is 0.129. The number of rotatable bonds is 6. The first-order valence-electron chi connectivity index (χ1n) is 17.6. The van der Waals surface area contributed by atoms with Gasteiger partial charge in [-0.25, -0.2) is 15.0 Å². The van der Waals surface area contributed by atoms with Crippen LogP contribution in [0.4, 0.5) is 55.2 Å². The molecule has 7 aromatic rings. The van der Waals surface area contributed by atoms with Crippen LogP contribution in [0.3, 0.4) is 0 Å². The maximum Gasteiger partial charge on any atom is 4.00 e. The van der Waals surface area contributed by atoms with Gasteiger partial charge in [0.2, 0.25) is 0 Å². The minimum absolute atomic E-state index is 0. The van der Waals surface area contributed by atoms with Crippen molar-refractivity contribution in [3.05, 3.63) is 138 Å². The van der Waals surface area contributed by atoms with E-state index in [0.717, 1.165) is 76.5 Å². The molecule has 0 amide bonds. The van der Waals surface area contributed by atoms with Crippen LogP contribution in [0.1, 0.15) is 33.5 Å². The Kier molecular flexibility index (Phi) is 11.8. The average molecular weight is 975 g/mol. The number of nitrogens with one attached hydrogen (secondary N) is 1. The van der Waals surface area contributed by atoms with Gasteiger partial charge in [0.1, 0.15) is 17.5 Å². The minimum atomic E-state index is -4.56. The van der Waals surface area contributed by atoms with Crippen molar-refractivity contribution in [2.45, 2.75) is 40.0 Å². The molecule has 0 fully saturated rings. The predicted molar refractivity (Wildman–Crippen MR) is 210 cm³/mol. The fourth-order valence-electron chi connectivity index (χ4n) is 6.90. The molecule has 3 aromatic heterocycles. The molecular weight excluding hydrogens is 940 g/mol. The molecule has 9 nitrogen and oxygen atoms in total. The molecule has 0 bridgehead atoms. The first-order valence-corrected chi connectivity index (χ1v) is 17.6. The van der Waals surface area contributed by atoms with Crippen molar-refractivity contribution in [2.24, 2.45) is 0 Å². The number of hydrogen-bond donors (Lipinski definition) is 1. The number of benzene rings is 4. The number of anilines is 5. The van der Waals surface area contributed by atoms with Crippen molar-refractivity contribution in [2.75, 3.05) is 34.1 Å². The standard InChI is InChI=1S/C28H29N8.C14H6F6N.Pt/c1-18-11-19(2)25(20(3)12-18)22-13-23(33-16-34(5)26-21(4)29-7-8-30-26)15-24(14-22)36-17-35(6)27-28(36)32-10-9-31-27;15-13(16,17)7-1-3-11-9(5-7)10-6-8(14(18,19)20)2-4-12(10)21-11;/h7-14,16-17,33H,1-6H3;1-6H;/q-3;-1;+4. The summed E-state index contributed by atoms with van der Waals surface area (Å²) in [5.41, 5.74) is 7.21. The topological polar surface area (TPSA) is 87.4 Å². The molecule has 1 aliphatic rings. The van der Waals surface area contributed by atoms with Gasteiger partial charge >= 0.3 is 33.4 Å². The van der Waals surface area contributed by atoms with E-state index in [4.69, 9.17) is 0 Å². The van der Waals surface area contributed by atoms with Gasteiger partial charge in [-0.2, -0.15) is 33.0 Å². The van der Waals surface area contributed by atoms with Crippen molar-refractivity contribution in [1.82, 2.24) is 24.9 Å². The second-order valence-corrected chi connectivity index (χ2v) is 13.7. The Morgan fingerprint density at radius 1 is 0.741 bits per heavy atom. The second kappa shape index (κ2) is 16.3. The molecule has 0 atom stereocenters. The van der Waals surface area contributed by atoms with Crippen LogP contribution in [-0.2, 0) is 33.4 Å². The minimum Gasteiger partial charge on any atom is -0.657 e. The van der Waals surface area contributed by atoms with Gasteiger partial charge < -0.3 is 25.0 Å². The molecule has 0 saturated carbocycles. The van der Waals surface area contributed by atoms with E-state index in [9.17, 15) is 26.3 Å². The maximum atomic E-state index is 12.7. The SMILES string of the molecule is Cc1cc(C)c(-c2cc(N[CH-]N(C)c3nccnc3C)[c-]c(N3[CH-]N(C)c4nccnc43)c2)c(C)c1.FC(F)(F)c1ccc2[n-]c3ccc(C(F)(F)F)cc3c2c1.[Pt+4]. The van der Waals surface area contributed by atoms with Gasteiger partial charge in [-0.15, -0.1) is 52.8 Å². The van der Waals surface area contributed by atoms with Crippen molar-refractivity contribution in [3.63, 3.8) is 0 Å². The van der Waals surface area contributed by atoms with Crippen molar-refractivity contribution < 1.29 is 47.4 Å². The fourth-order valence-corrected chi connectivity index (χ4v) is 6.90. The number of alkyl halides is 6. The Labute approximate surface area is 345 Å². The van der Waals surface area contributed by atoms with Gasteiger partial charge in [0, 0.05) is 24.8 Å². The van der Waals surface area contributed by atoms with Crippen LogP contribution >= 0.6 is 0 Å². The smallest absolute Gasteiger partial charge is 0.657 e. The van der Waals surface area contributed by atoms with Crippen LogP contribution in [0.5, 0.6) is 0 Å². The number of hydrogen-bond acceptors (Lipinski definition) is 8. The van der Waals surface area contributed by atoms with Gasteiger partial charge in [0.25, 0.3) is 0 Å². The van der Waals surface area contributed by atoms with Crippen LogP contribution in [0.2, 0.25) is 0 Å². The fraction of sp³-hybridized carbons (Fsp3) is 0.190. The molecule has 0 spiro atoms. The van der Waals surface area contributed by atoms with Gasteiger partial charge in [-0.1, -0.05) is 42.0 Å². The Bertz CT molecular complexity index is 2520. The third-order valence-corrected chi connectivity index (χ3v) is 9.37. The maximum absolute atomic E-state index is 12.7. The van der Waals surface area contributed by atoms with E-state index < -0.39 is 23.5 Å². The summed E-state index contributed by atoms with van der Waals surface area (Å²) in [4.78, 5) is 27.8. The number of fused-ring (bicyclic) bond motifs is 4. The van der Waals surface area contributed by atoms with Crippen molar-refractivity contribution in [1.29, 1.82) is 0 Å². The van der Waals surface area contributed by atoms with E-state index in [1.165, 1.54) is 22.3 Å². The monoisotopic (exact) mass is 974 g/mol. The third kappa shape index (κ3) is 8.59. The van der Waals surface area contributed by atoms with Crippen LogP contribution in [-0.4, -0.2) is 34.0 Å². The number of nitrogens with zero attached hydrogens (tertiary/aromatic N) is 8. The summed E-state index contributed by atoms with van der Waals surface area (Å²) in [7, 11) is 3.91. The molecule has 1 N–H and O–H groups in total. The van der Waals surface area contributed by atoms with Crippen LogP contribution in [0, 0.1) is 47.1 Å². The molecule has 4 aromatic carbocycles. The van der Waals surface area contributed by atoms with Crippen LogP contribution in [0.15, 0.2) is 85.5 Å². The van der Waals surface area contributed by atoms with Gasteiger partial charge in [0.05, 0.1) is 16.8 Å². The molecule has 0 aliphatic carbocycles. The summed E-state index contributed by atoms with van der Waals surface area (Å²) in [5, 5.41) is 3.54. The molecule has 4 heterocycles. The normalized spacial score (nSPS) is 12.6. The molecule has 58 heavy (non-hydrogen) atoms. The Balaban J connectivity index is 0.000000220. The van der Waals surface area contributed by atoms with Crippen molar-refractivity contribution in [3.8, 4) is 11.1 Å². The first-order chi connectivity index (χ1) is 27.0. The number of aromatic nitrogens is 5. The zero-order valence-corrected chi connectivity index (χ0v) is 34.2. The molecule has 8 rings (SSSR count). The summed E-state index contributed by atoms with van der Waals surface area (Å²) in [6.07, 6.45) is -2.31. The van der Waals surface area contributed by atoms with Crippen molar-refractivity contribution >= 4 is 50.6 Å². The van der Waals surface area contributed by atoms with E-state index in [1.807, 2.05) is 49.1 Å². The summed E-state index contributed by atoms with van der Waals surface area (Å²) in [6.45, 7) is 12.2. The second-order valence-electron chi connectivity index (χ2n) is 13.7. The zero-order valence-electron chi connectivity index (χ0n) is 31.9. The van der Waals surface area contributed by atoms with Gasteiger partial charge in [-0.3, -0.25) is 4.98 Å². The Hall–Kier alpha value is -5.69. The largest absolute Gasteiger partial charge is 4.00 e. The van der Waals surface area contributed by atoms with E-state index in [0.29, 0.717) is 0 Å². The molecule has 0 radical (unpaired) electrons. The van der Waals surface area contributed by atoms with E-state index in [1.54, 1.807) is 24.8 Å². The van der Waals surface area contributed by atoms with E-state index in [2.05, 4.69) is 81.3 Å². The summed E-state index contributed by atoms with van der Waals surface area (Å²) in [6, 6.07) is 17.9. The summed E-state index contributed by atoms with van der Waals surface area (Å²) < 4.78 is 76.1. The van der Waals surface area contributed by atoms with E-state index >= 15 is 0 Å². The number of aryl methyl sites for hydroxylation is 4. The van der Waals surface area contributed by atoms with Crippen LogP contribution < -0.4 is 25.0 Å². The third-order valence-electron chi connectivity index (χ3n) is 9.37. The summed E-state index contributed by atoms with van der Waals surface area (Å²) in [5.74, 6) is 2.36. The zero-order chi connectivity index (χ0) is 40.8. The molecular formula is C42H35F6N9Pt. The van der Waals surface area contributed by atoms with Crippen LogP contribution in [0.25, 0.3) is 32.9 Å². The molecule has 16 heteroatoms. The molecule has 0 unspecified atom stereocenters. The molecule has 0 saturated heterocycles. The van der Waals surface area contributed by atoms with Gasteiger partial charge in [-0.05, 0) is 81.4 Å². The summed E-state index contributed by atoms with van der Waals surface area (Å²) >= 11 is 0. The average Bonchev–Trinajstić information content (AvgIpc) is 3.70. The molecule has 1 aliphatic heterocycles. The molecule has 300 valence electrons. The predicted octanol–water partition coefficient (Wildman–Crippen LogP) is 10.3. The Morgan fingerprint density at radius 3 is 1.86 bits per heavy atom. The Morgan fingerprint density at radius 2 is 1.29 bits per heavy atom. The number of halogens is 6. The first kappa shape index (κ1) is 41.9.